The van der Waals surface area contributed by atoms with Gasteiger partial charge in [-0.1, -0.05) is 104 Å². The topological polar surface area (TPSA) is 0 Å². The van der Waals surface area contributed by atoms with Crippen molar-refractivity contribution in [1.29, 1.82) is 0 Å². The summed E-state index contributed by atoms with van der Waals surface area (Å²) < 4.78 is 0. The first-order valence-electron chi connectivity index (χ1n) is 9.03. The van der Waals surface area contributed by atoms with Crippen LogP contribution in [0.5, 0.6) is 0 Å². The van der Waals surface area contributed by atoms with Crippen molar-refractivity contribution in [3.05, 3.63) is 0 Å². The lowest BCUT2D eigenvalue weighted by Gasteiger charge is -2.04. The highest BCUT2D eigenvalue weighted by molar-refractivity contribution is 7.17. The molecular weight excluding hydrogens is 247 g/mol. The average Bonchev–Trinajstić information content (AvgIpc) is 2.39. The fourth-order valence-corrected chi connectivity index (χ4v) is 2.90. The van der Waals surface area contributed by atoms with Crippen molar-refractivity contribution in [3.63, 3.8) is 0 Å². The van der Waals surface area contributed by atoms with Crippen LogP contribution in [0.4, 0.5) is 0 Å². The summed E-state index contributed by atoms with van der Waals surface area (Å²) in [7, 11) is 2.90. The largest absolute Gasteiger partial charge is 0.135 e. The summed E-state index contributed by atoms with van der Waals surface area (Å²) in [5, 5.41) is 0. The molecule has 1 heteroatoms. The van der Waals surface area contributed by atoms with Crippen molar-refractivity contribution in [2.45, 2.75) is 116 Å². The fourth-order valence-electron chi connectivity index (χ4n) is 2.66. The first kappa shape index (κ1) is 19.4. The molecule has 0 aliphatic heterocycles. The molecule has 2 atom stereocenters. The summed E-state index contributed by atoms with van der Waals surface area (Å²) in [6.45, 7) is 4.59. The summed E-state index contributed by atoms with van der Waals surface area (Å²) in [5.74, 6) is 0. The number of rotatable bonds is 15. The first-order valence-corrected chi connectivity index (χ1v) is 9.69. The first-order chi connectivity index (χ1) is 9.27. The molecule has 0 aliphatic carbocycles. The lowest BCUT2D eigenvalue weighted by molar-refractivity contribution is 0.532. The summed E-state index contributed by atoms with van der Waals surface area (Å²) >= 11 is 0. The van der Waals surface area contributed by atoms with Crippen LogP contribution in [0, 0.1) is 0 Å². The molecule has 2 unspecified atom stereocenters. The number of unbranched alkanes of at least 4 members (excludes halogenated alkanes) is 13. The molecule has 0 nitrogen and oxygen atoms in total. The van der Waals surface area contributed by atoms with E-state index in [-0.39, 0.29) is 0 Å². The van der Waals surface area contributed by atoms with Crippen LogP contribution >= 0.6 is 9.24 Å². The summed E-state index contributed by atoms with van der Waals surface area (Å²) in [5.41, 5.74) is 0.817. The van der Waals surface area contributed by atoms with Gasteiger partial charge in [0.25, 0.3) is 0 Å². The van der Waals surface area contributed by atoms with Crippen LogP contribution in [0.3, 0.4) is 0 Å². The molecule has 0 bridgehead atoms. The van der Waals surface area contributed by atoms with Crippen LogP contribution in [-0.2, 0) is 0 Å². The molecule has 0 fully saturated rings. The van der Waals surface area contributed by atoms with E-state index in [1.54, 1.807) is 0 Å². The van der Waals surface area contributed by atoms with Crippen LogP contribution in [0.15, 0.2) is 0 Å². The van der Waals surface area contributed by atoms with Gasteiger partial charge in [-0.2, -0.15) is 0 Å². The molecule has 0 aromatic heterocycles. The molecular formula is C18H39P. The van der Waals surface area contributed by atoms with E-state index in [4.69, 9.17) is 0 Å². The van der Waals surface area contributed by atoms with Gasteiger partial charge in [-0.25, -0.2) is 0 Å². The predicted molar refractivity (Wildman–Crippen MR) is 94.1 cm³/mol. The molecule has 0 spiro atoms. The minimum Gasteiger partial charge on any atom is -0.135 e. The van der Waals surface area contributed by atoms with Crippen molar-refractivity contribution < 1.29 is 0 Å². The van der Waals surface area contributed by atoms with Gasteiger partial charge in [0, 0.05) is 0 Å². The van der Waals surface area contributed by atoms with Crippen LogP contribution in [0.25, 0.3) is 0 Å². The van der Waals surface area contributed by atoms with E-state index in [9.17, 15) is 0 Å². The molecule has 0 aliphatic rings. The number of hydrogen-bond acceptors (Lipinski definition) is 0. The van der Waals surface area contributed by atoms with Crippen molar-refractivity contribution >= 4 is 9.24 Å². The zero-order chi connectivity index (χ0) is 14.2. The van der Waals surface area contributed by atoms with Crippen LogP contribution < -0.4 is 0 Å². The molecule has 0 saturated carbocycles. The third-order valence-corrected chi connectivity index (χ3v) is 4.35. The monoisotopic (exact) mass is 286 g/mol. The van der Waals surface area contributed by atoms with Crippen LogP contribution in [-0.4, -0.2) is 5.66 Å². The second-order valence-electron chi connectivity index (χ2n) is 6.36. The molecule has 116 valence electrons. The Hall–Kier alpha value is 0.430. The standard InChI is InChI=1S/C18H39P/c1-3-4-5-6-7-8-9-10-11-12-13-14-15-16-17-18(2)19/h18H,3-17,19H2,1-2H3. The summed E-state index contributed by atoms with van der Waals surface area (Å²) in [6, 6.07) is 0. The second-order valence-corrected chi connectivity index (χ2v) is 7.50. The van der Waals surface area contributed by atoms with Gasteiger partial charge in [-0.3, -0.25) is 0 Å². The molecule has 0 N–H and O–H groups in total. The minimum atomic E-state index is 0.817. The predicted octanol–water partition coefficient (Wildman–Crippen LogP) is 7.12. The van der Waals surface area contributed by atoms with Crippen molar-refractivity contribution in [2.24, 2.45) is 0 Å². The fraction of sp³-hybridized carbons (Fsp3) is 1.00. The summed E-state index contributed by atoms with van der Waals surface area (Å²) in [6.07, 6.45) is 21.9. The Morgan fingerprint density at radius 1 is 0.579 bits per heavy atom. The maximum Gasteiger partial charge on any atom is -0.0293 e. The van der Waals surface area contributed by atoms with Gasteiger partial charge in [0.1, 0.15) is 0 Å². The van der Waals surface area contributed by atoms with Gasteiger partial charge in [-0.15, -0.1) is 9.24 Å². The Bertz CT molecular complexity index is 154. The smallest absolute Gasteiger partial charge is 0.0293 e. The number of hydrogen-bond donors (Lipinski definition) is 0. The highest BCUT2D eigenvalue weighted by Gasteiger charge is 1.95. The van der Waals surface area contributed by atoms with Gasteiger partial charge >= 0.3 is 0 Å². The zero-order valence-electron chi connectivity index (χ0n) is 13.8. The molecule has 0 radical (unpaired) electrons. The van der Waals surface area contributed by atoms with E-state index >= 15 is 0 Å². The van der Waals surface area contributed by atoms with E-state index in [0.29, 0.717) is 0 Å². The second kappa shape index (κ2) is 16.5. The lowest BCUT2D eigenvalue weighted by atomic mass is 10.0. The zero-order valence-corrected chi connectivity index (χ0v) is 14.9. The molecule has 0 amide bonds. The minimum absolute atomic E-state index is 0.817. The molecule has 19 heavy (non-hydrogen) atoms. The highest BCUT2D eigenvalue weighted by atomic mass is 31.0. The van der Waals surface area contributed by atoms with Gasteiger partial charge in [0.15, 0.2) is 0 Å². The Morgan fingerprint density at radius 3 is 1.21 bits per heavy atom. The maximum atomic E-state index is 2.90. The van der Waals surface area contributed by atoms with Gasteiger partial charge < -0.3 is 0 Å². The maximum absolute atomic E-state index is 2.90. The quantitative estimate of drug-likeness (QED) is 0.222. The van der Waals surface area contributed by atoms with Crippen LogP contribution in [0.2, 0.25) is 0 Å². The molecule has 0 saturated heterocycles. The SMILES string of the molecule is CCCCCCCCCCCCCCCCC(C)P. The van der Waals surface area contributed by atoms with E-state index in [2.05, 4.69) is 23.1 Å². The Labute approximate surface area is 125 Å². The molecule has 0 heterocycles. The molecule has 0 rings (SSSR count). The van der Waals surface area contributed by atoms with E-state index in [0.717, 1.165) is 5.66 Å². The Balaban J connectivity index is 2.91. The van der Waals surface area contributed by atoms with E-state index < -0.39 is 0 Å². The molecule has 0 aromatic carbocycles. The van der Waals surface area contributed by atoms with Gasteiger partial charge in [0.05, 0.1) is 0 Å². The third-order valence-electron chi connectivity index (χ3n) is 4.01. The average molecular weight is 286 g/mol. The Kier molecular flexibility index (Phi) is 16.9. The molecule has 0 aromatic rings. The third kappa shape index (κ3) is 18.4. The van der Waals surface area contributed by atoms with Gasteiger partial charge in [0.2, 0.25) is 0 Å². The van der Waals surface area contributed by atoms with Crippen molar-refractivity contribution in [1.82, 2.24) is 0 Å². The van der Waals surface area contributed by atoms with Gasteiger partial charge in [-0.05, 0) is 12.1 Å². The lowest BCUT2D eigenvalue weighted by Crippen LogP contribution is -1.89. The van der Waals surface area contributed by atoms with Crippen molar-refractivity contribution in [2.75, 3.05) is 0 Å². The van der Waals surface area contributed by atoms with E-state index in [1.165, 1.54) is 96.3 Å². The normalized spacial score (nSPS) is 12.8. The Morgan fingerprint density at radius 2 is 0.895 bits per heavy atom. The van der Waals surface area contributed by atoms with E-state index in [1.807, 2.05) is 0 Å². The van der Waals surface area contributed by atoms with Crippen LogP contribution in [0.1, 0.15) is 110 Å². The highest BCUT2D eigenvalue weighted by Crippen LogP contribution is 2.14. The summed E-state index contributed by atoms with van der Waals surface area (Å²) in [4.78, 5) is 0. The van der Waals surface area contributed by atoms with Crippen molar-refractivity contribution in [3.8, 4) is 0 Å².